The molecule has 1 amide bonds. The minimum absolute atomic E-state index is 0.0526. The summed E-state index contributed by atoms with van der Waals surface area (Å²) in [4.78, 5) is 11.5. The lowest BCUT2D eigenvalue weighted by molar-refractivity contribution is 0.1000. The monoisotopic (exact) mass is 545 g/mol. The molecular formula is C26H31N3O6S2. The van der Waals surface area contributed by atoms with Gasteiger partial charge in [0.25, 0.3) is 0 Å². The second-order valence-corrected chi connectivity index (χ2v) is 12.8. The Labute approximate surface area is 218 Å². The number of hydrogen-bond donors (Lipinski definition) is 3. The molecule has 0 atom stereocenters. The van der Waals surface area contributed by atoms with Crippen molar-refractivity contribution in [2.45, 2.75) is 42.5 Å². The number of nitrogens with one attached hydrogen (secondary N) is 2. The van der Waals surface area contributed by atoms with Gasteiger partial charge in [0.15, 0.2) is 0 Å². The molecule has 0 saturated carbocycles. The SMILES string of the molecule is COc1ccc(C(N)=O)cc1S(=O)(=O)NCCc1ccc(-c2ccccc2S(=O)(=O)NC(C)(C)C)cc1. The molecule has 0 heterocycles. The summed E-state index contributed by atoms with van der Waals surface area (Å²) in [6, 6.07) is 17.9. The first-order chi connectivity index (χ1) is 17.2. The van der Waals surface area contributed by atoms with E-state index >= 15 is 0 Å². The van der Waals surface area contributed by atoms with Crippen molar-refractivity contribution in [2.24, 2.45) is 5.73 Å². The lowest BCUT2D eigenvalue weighted by atomic mass is 10.0. The summed E-state index contributed by atoms with van der Waals surface area (Å²) >= 11 is 0. The lowest BCUT2D eigenvalue weighted by Gasteiger charge is -2.21. The summed E-state index contributed by atoms with van der Waals surface area (Å²) < 4.78 is 61.9. The second-order valence-electron chi connectivity index (χ2n) is 9.43. The number of rotatable bonds is 10. The molecule has 0 aliphatic carbocycles. The van der Waals surface area contributed by atoms with Gasteiger partial charge in [-0.25, -0.2) is 26.3 Å². The van der Waals surface area contributed by atoms with Crippen LogP contribution >= 0.6 is 0 Å². The van der Waals surface area contributed by atoms with Crippen LogP contribution in [0.15, 0.2) is 76.5 Å². The highest BCUT2D eigenvalue weighted by Crippen LogP contribution is 2.29. The van der Waals surface area contributed by atoms with E-state index in [0.717, 1.165) is 5.56 Å². The zero-order chi connectivity index (χ0) is 27.4. The maximum Gasteiger partial charge on any atom is 0.248 e. The summed E-state index contributed by atoms with van der Waals surface area (Å²) in [7, 11) is -6.38. The molecule has 0 saturated heterocycles. The van der Waals surface area contributed by atoms with Gasteiger partial charge in [-0.05, 0) is 62.6 Å². The quantitative estimate of drug-likeness (QED) is 0.357. The van der Waals surface area contributed by atoms with Crippen LogP contribution in [0.1, 0.15) is 36.7 Å². The number of nitrogens with two attached hydrogens (primary N) is 1. The summed E-state index contributed by atoms with van der Waals surface area (Å²) in [6.07, 6.45) is 0.378. The summed E-state index contributed by atoms with van der Waals surface area (Å²) in [5, 5.41) is 0. The molecular weight excluding hydrogens is 514 g/mol. The molecule has 9 nitrogen and oxygen atoms in total. The number of amides is 1. The van der Waals surface area contributed by atoms with Gasteiger partial charge >= 0.3 is 0 Å². The van der Waals surface area contributed by atoms with Crippen LogP contribution in [0.5, 0.6) is 5.75 Å². The number of hydrogen-bond acceptors (Lipinski definition) is 6. The van der Waals surface area contributed by atoms with Gasteiger partial charge in [0.1, 0.15) is 10.6 Å². The third-order valence-corrected chi connectivity index (χ3v) is 8.62. The van der Waals surface area contributed by atoms with Gasteiger partial charge in [-0.2, -0.15) is 0 Å². The Balaban J connectivity index is 1.75. The Morgan fingerprint density at radius 3 is 2.14 bits per heavy atom. The number of methoxy groups -OCH3 is 1. The fourth-order valence-electron chi connectivity index (χ4n) is 3.70. The first-order valence-electron chi connectivity index (χ1n) is 11.4. The van der Waals surface area contributed by atoms with Gasteiger partial charge in [-0.1, -0.05) is 42.5 Å². The normalized spacial score (nSPS) is 12.3. The minimum Gasteiger partial charge on any atom is -0.495 e. The van der Waals surface area contributed by atoms with Crippen LogP contribution in [0.3, 0.4) is 0 Å². The van der Waals surface area contributed by atoms with Crippen molar-refractivity contribution < 1.29 is 26.4 Å². The van der Waals surface area contributed by atoms with Crippen molar-refractivity contribution >= 4 is 26.0 Å². The van der Waals surface area contributed by atoms with Crippen molar-refractivity contribution in [3.05, 3.63) is 77.9 Å². The van der Waals surface area contributed by atoms with Crippen LogP contribution in [0.2, 0.25) is 0 Å². The number of sulfonamides is 2. The molecule has 0 aliphatic rings. The van der Waals surface area contributed by atoms with Gasteiger partial charge in [0.05, 0.1) is 12.0 Å². The molecule has 37 heavy (non-hydrogen) atoms. The van der Waals surface area contributed by atoms with E-state index in [1.54, 1.807) is 57.2 Å². The number of ether oxygens (including phenoxy) is 1. The molecule has 0 aliphatic heterocycles. The largest absolute Gasteiger partial charge is 0.495 e. The van der Waals surface area contributed by atoms with E-state index in [9.17, 15) is 21.6 Å². The minimum atomic E-state index is -3.97. The number of benzene rings is 3. The fraction of sp³-hybridized carbons (Fsp3) is 0.269. The van der Waals surface area contributed by atoms with Crippen LogP contribution in [-0.4, -0.2) is 41.9 Å². The molecule has 198 valence electrons. The van der Waals surface area contributed by atoms with E-state index in [1.807, 2.05) is 12.1 Å². The molecule has 3 aromatic carbocycles. The van der Waals surface area contributed by atoms with Gasteiger partial charge in [0.2, 0.25) is 26.0 Å². The average molecular weight is 546 g/mol. The Kier molecular flexibility index (Phi) is 8.43. The molecule has 3 rings (SSSR count). The molecule has 3 aromatic rings. The van der Waals surface area contributed by atoms with E-state index in [0.29, 0.717) is 17.5 Å². The number of carbonyl (C=O) groups excluding carboxylic acids is 1. The van der Waals surface area contributed by atoms with Crippen molar-refractivity contribution in [1.82, 2.24) is 9.44 Å². The maximum absolute atomic E-state index is 13.0. The van der Waals surface area contributed by atoms with Gasteiger partial charge in [-0.3, -0.25) is 4.79 Å². The van der Waals surface area contributed by atoms with Crippen LogP contribution in [-0.2, 0) is 26.5 Å². The predicted octanol–water partition coefficient (Wildman–Crippen LogP) is 3.06. The van der Waals surface area contributed by atoms with Crippen molar-refractivity contribution in [3.63, 3.8) is 0 Å². The van der Waals surface area contributed by atoms with Crippen molar-refractivity contribution in [2.75, 3.05) is 13.7 Å². The maximum atomic E-state index is 13.0. The van der Waals surface area contributed by atoms with Crippen LogP contribution in [0.4, 0.5) is 0 Å². The summed E-state index contributed by atoms with van der Waals surface area (Å²) in [5.74, 6) is -0.654. The highest BCUT2D eigenvalue weighted by atomic mass is 32.2. The first-order valence-corrected chi connectivity index (χ1v) is 14.4. The Hall–Kier alpha value is -3.25. The zero-order valence-electron chi connectivity index (χ0n) is 21.1. The topological polar surface area (TPSA) is 145 Å². The van der Waals surface area contributed by atoms with Crippen molar-refractivity contribution in [3.8, 4) is 16.9 Å². The molecule has 0 spiro atoms. The van der Waals surface area contributed by atoms with Crippen LogP contribution in [0.25, 0.3) is 11.1 Å². The number of carbonyl (C=O) groups is 1. The molecule has 0 bridgehead atoms. The molecule has 11 heteroatoms. The summed E-state index contributed by atoms with van der Waals surface area (Å²) in [5.41, 5.74) is 6.82. The van der Waals surface area contributed by atoms with Crippen LogP contribution in [0, 0.1) is 0 Å². The molecule has 0 aromatic heterocycles. The van der Waals surface area contributed by atoms with Crippen molar-refractivity contribution in [1.29, 1.82) is 0 Å². The number of primary amides is 1. The Bertz CT molecular complexity index is 1490. The standard InChI is InChI=1S/C26H31N3O6S2/c1-26(2,3)29-37(33,34)23-8-6-5-7-21(23)19-11-9-18(10-12-19)15-16-28-36(31,32)24-17-20(25(27)30)13-14-22(24)35-4/h5-14,17,28-29H,15-16H2,1-4H3,(H2,27,30). The molecule has 0 unspecified atom stereocenters. The molecule has 0 fully saturated rings. The zero-order valence-corrected chi connectivity index (χ0v) is 22.7. The molecule has 4 N–H and O–H groups in total. The molecule has 0 radical (unpaired) electrons. The third-order valence-electron chi connectivity index (χ3n) is 5.33. The highest BCUT2D eigenvalue weighted by Gasteiger charge is 2.25. The average Bonchev–Trinajstić information content (AvgIpc) is 2.82. The van der Waals surface area contributed by atoms with E-state index in [4.69, 9.17) is 10.5 Å². The smallest absolute Gasteiger partial charge is 0.248 e. The predicted molar refractivity (Wildman–Crippen MR) is 142 cm³/mol. The van der Waals surface area contributed by atoms with Crippen LogP contribution < -0.4 is 19.9 Å². The Morgan fingerprint density at radius 1 is 0.892 bits per heavy atom. The second kappa shape index (κ2) is 11.0. The first kappa shape index (κ1) is 28.3. The van der Waals surface area contributed by atoms with E-state index in [1.165, 1.54) is 25.3 Å². The fourth-order valence-corrected chi connectivity index (χ4v) is 6.57. The van der Waals surface area contributed by atoms with Gasteiger partial charge in [-0.15, -0.1) is 0 Å². The van der Waals surface area contributed by atoms with E-state index in [-0.39, 0.29) is 27.6 Å². The lowest BCUT2D eigenvalue weighted by Crippen LogP contribution is -2.40. The highest BCUT2D eigenvalue weighted by molar-refractivity contribution is 7.90. The van der Waals surface area contributed by atoms with E-state index < -0.39 is 31.5 Å². The Morgan fingerprint density at radius 2 is 1.54 bits per heavy atom. The van der Waals surface area contributed by atoms with E-state index in [2.05, 4.69) is 9.44 Å². The van der Waals surface area contributed by atoms with Gasteiger partial charge in [0, 0.05) is 23.2 Å². The van der Waals surface area contributed by atoms with Gasteiger partial charge < -0.3 is 10.5 Å². The summed E-state index contributed by atoms with van der Waals surface area (Å²) in [6.45, 7) is 5.42. The third kappa shape index (κ3) is 7.16.